The highest BCUT2D eigenvalue weighted by Gasteiger charge is 2.21. The van der Waals surface area contributed by atoms with Gasteiger partial charge in [-0.3, -0.25) is 0 Å². The van der Waals surface area contributed by atoms with Crippen LogP contribution in [0.3, 0.4) is 0 Å². The van der Waals surface area contributed by atoms with Crippen molar-refractivity contribution in [2.24, 2.45) is 0 Å². The standard InChI is InChI=1S/C25H31NO/c1-16-11-17(13-18(12-16)24(2,3)4)22-15-21(25(5,6)7)20-10-9-19(27-8)14-23(20)26-22/h9-15H,1-8H3. The van der Waals surface area contributed by atoms with E-state index in [9.17, 15) is 0 Å². The summed E-state index contributed by atoms with van der Waals surface area (Å²) in [5, 5.41) is 1.19. The van der Waals surface area contributed by atoms with Gasteiger partial charge in [0, 0.05) is 17.0 Å². The molecule has 0 amide bonds. The molecule has 27 heavy (non-hydrogen) atoms. The van der Waals surface area contributed by atoms with Crippen LogP contribution >= 0.6 is 0 Å². The number of pyridine rings is 1. The molecule has 0 fully saturated rings. The molecular formula is C25H31NO. The van der Waals surface area contributed by atoms with Crippen LogP contribution in [0.4, 0.5) is 0 Å². The van der Waals surface area contributed by atoms with Gasteiger partial charge in [0.15, 0.2) is 0 Å². The largest absolute Gasteiger partial charge is 0.497 e. The first kappa shape index (κ1) is 19.4. The highest BCUT2D eigenvalue weighted by atomic mass is 16.5. The summed E-state index contributed by atoms with van der Waals surface area (Å²) in [4.78, 5) is 5.01. The Bertz CT molecular complexity index is 988. The molecule has 1 aromatic heterocycles. The zero-order valence-corrected chi connectivity index (χ0v) is 17.9. The number of benzene rings is 2. The summed E-state index contributed by atoms with van der Waals surface area (Å²) in [7, 11) is 1.70. The lowest BCUT2D eigenvalue weighted by Crippen LogP contribution is -2.13. The van der Waals surface area contributed by atoms with Gasteiger partial charge in [0.2, 0.25) is 0 Å². The maximum Gasteiger partial charge on any atom is 0.121 e. The summed E-state index contributed by atoms with van der Waals surface area (Å²) >= 11 is 0. The molecule has 0 bridgehead atoms. The number of nitrogens with zero attached hydrogens (tertiary/aromatic N) is 1. The van der Waals surface area contributed by atoms with E-state index in [2.05, 4.69) is 78.8 Å². The van der Waals surface area contributed by atoms with Gasteiger partial charge in [0.05, 0.1) is 18.3 Å². The zero-order valence-electron chi connectivity index (χ0n) is 17.9. The van der Waals surface area contributed by atoms with Crippen molar-refractivity contribution in [2.45, 2.75) is 59.3 Å². The van der Waals surface area contributed by atoms with Crippen molar-refractivity contribution < 1.29 is 4.74 Å². The Labute approximate surface area is 163 Å². The molecule has 2 aromatic carbocycles. The van der Waals surface area contributed by atoms with Gasteiger partial charge >= 0.3 is 0 Å². The smallest absolute Gasteiger partial charge is 0.121 e. The number of hydrogen-bond acceptors (Lipinski definition) is 2. The minimum absolute atomic E-state index is 0.0290. The van der Waals surface area contributed by atoms with E-state index in [4.69, 9.17) is 9.72 Å². The van der Waals surface area contributed by atoms with E-state index < -0.39 is 0 Å². The van der Waals surface area contributed by atoms with Crippen LogP contribution in [-0.2, 0) is 10.8 Å². The summed E-state index contributed by atoms with van der Waals surface area (Å²) < 4.78 is 5.44. The molecular weight excluding hydrogens is 330 g/mol. The van der Waals surface area contributed by atoms with Crippen LogP contribution < -0.4 is 4.74 Å². The Morgan fingerprint density at radius 2 is 1.52 bits per heavy atom. The molecule has 0 N–H and O–H groups in total. The minimum atomic E-state index is 0.0290. The van der Waals surface area contributed by atoms with E-state index in [1.165, 1.54) is 27.6 Å². The van der Waals surface area contributed by atoms with Crippen molar-refractivity contribution in [2.75, 3.05) is 7.11 Å². The number of methoxy groups -OCH3 is 1. The maximum absolute atomic E-state index is 5.44. The van der Waals surface area contributed by atoms with Gasteiger partial charge in [-0.25, -0.2) is 4.98 Å². The number of rotatable bonds is 2. The average Bonchev–Trinajstić information content (AvgIpc) is 2.58. The fraction of sp³-hybridized carbons (Fsp3) is 0.400. The summed E-state index contributed by atoms with van der Waals surface area (Å²) in [6.45, 7) is 15.7. The third-order valence-corrected chi connectivity index (χ3v) is 5.06. The third kappa shape index (κ3) is 4.00. The number of ether oxygens (including phenoxy) is 1. The zero-order chi connectivity index (χ0) is 20.0. The van der Waals surface area contributed by atoms with Crippen LogP contribution in [-0.4, -0.2) is 12.1 Å². The van der Waals surface area contributed by atoms with Crippen LogP contribution in [0, 0.1) is 6.92 Å². The lowest BCUT2D eigenvalue weighted by molar-refractivity contribution is 0.415. The van der Waals surface area contributed by atoms with E-state index >= 15 is 0 Å². The third-order valence-electron chi connectivity index (χ3n) is 5.06. The van der Waals surface area contributed by atoms with E-state index in [-0.39, 0.29) is 10.8 Å². The van der Waals surface area contributed by atoms with E-state index in [0.29, 0.717) is 0 Å². The molecule has 142 valence electrons. The first-order valence-corrected chi connectivity index (χ1v) is 9.61. The molecule has 1 heterocycles. The Hall–Kier alpha value is -2.35. The van der Waals surface area contributed by atoms with Crippen molar-refractivity contribution in [3.05, 3.63) is 59.2 Å². The summed E-state index contributed by atoms with van der Waals surface area (Å²) in [5.74, 6) is 0.839. The topological polar surface area (TPSA) is 22.1 Å². The SMILES string of the molecule is COc1ccc2c(C(C)(C)C)cc(-c3cc(C)cc(C(C)(C)C)c3)nc2c1. The molecule has 3 rings (SSSR count). The van der Waals surface area contributed by atoms with Gasteiger partial charge in [0.1, 0.15) is 5.75 Å². The van der Waals surface area contributed by atoms with Gasteiger partial charge < -0.3 is 4.74 Å². The highest BCUT2D eigenvalue weighted by molar-refractivity contribution is 5.87. The summed E-state index contributed by atoms with van der Waals surface area (Å²) in [5.41, 5.74) is 7.23. The van der Waals surface area contributed by atoms with Crippen LogP contribution in [0.15, 0.2) is 42.5 Å². The quantitative estimate of drug-likeness (QED) is 0.500. The number of aromatic nitrogens is 1. The monoisotopic (exact) mass is 361 g/mol. The van der Waals surface area contributed by atoms with Gasteiger partial charge in [0.25, 0.3) is 0 Å². The van der Waals surface area contributed by atoms with E-state index in [1.807, 2.05) is 12.1 Å². The Morgan fingerprint density at radius 3 is 2.11 bits per heavy atom. The van der Waals surface area contributed by atoms with Crippen molar-refractivity contribution in [3.63, 3.8) is 0 Å². The van der Waals surface area contributed by atoms with Crippen molar-refractivity contribution in [1.29, 1.82) is 0 Å². The Kier molecular flexibility index (Phi) is 4.80. The molecule has 0 aliphatic rings. The summed E-state index contributed by atoms with van der Waals surface area (Å²) in [6.07, 6.45) is 0. The van der Waals surface area contributed by atoms with E-state index in [0.717, 1.165) is 17.0 Å². The minimum Gasteiger partial charge on any atom is -0.497 e. The van der Waals surface area contributed by atoms with Gasteiger partial charge in [-0.05, 0) is 59.2 Å². The predicted molar refractivity (Wildman–Crippen MR) is 116 cm³/mol. The van der Waals surface area contributed by atoms with Crippen molar-refractivity contribution in [3.8, 4) is 17.0 Å². The normalized spacial score (nSPS) is 12.4. The number of hydrogen-bond donors (Lipinski definition) is 0. The molecule has 0 saturated heterocycles. The first-order valence-electron chi connectivity index (χ1n) is 9.61. The number of fused-ring (bicyclic) bond motifs is 1. The first-order chi connectivity index (χ1) is 12.5. The van der Waals surface area contributed by atoms with E-state index in [1.54, 1.807) is 7.11 Å². The van der Waals surface area contributed by atoms with Crippen LogP contribution in [0.25, 0.3) is 22.2 Å². The van der Waals surface area contributed by atoms with Crippen molar-refractivity contribution in [1.82, 2.24) is 4.98 Å². The van der Waals surface area contributed by atoms with Gasteiger partial charge in [-0.15, -0.1) is 0 Å². The average molecular weight is 362 g/mol. The van der Waals surface area contributed by atoms with Crippen LogP contribution in [0.5, 0.6) is 5.75 Å². The molecule has 0 unspecified atom stereocenters. The van der Waals surface area contributed by atoms with Crippen LogP contribution in [0.1, 0.15) is 58.2 Å². The lowest BCUT2D eigenvalue weighted by atomic mass is 9.82. The molecule has 0 aliphatic carbocycles. The second kappa shape index (κ2) is 6.67. The van der Waals surface area contributed by atoms with Crippen LogP contribution in [0.2, 0.25) is 0 Å². The second-order valence-corrected chi connectivity index (χ2v) is 9.53. The van der Waals surface area contributed by atoms with Gasteiger partial charge in [-0.1, -0.05) is 53.2 Å². The fourth-order valence-corrected chi connectivity index (χ4v) is 3.47. The molecule has 0 spiro atoms. The Balaban J connectivity index is 2.31. The lowest BCUT2D eigenvalue weighted by Gasteiger charge is -2.24. The Morgan fingerprint density at radius 1 is 0.815 bits per heavy atom. The molecule has 2 nitrogen and oxygen atoms in total. The molecule has 0 saturated carbocycles. The highest BCUT2D eigenvalue weighted by Crippen LogP contribution is 2.35. The summed E-state index contributed by atoms with van der Waals surface area (Å²) in [6, 6.07) is 15.2. The second-order valence-electron chi connectivity index (χ2n) is 9.53. The molecule has 2 heteroatoms. The fourth-order valence-electron chi connectivity index (χ4n) is 3.47. The molecule has 0 atom stereocenters. The number of aryl methyl sites for hydroxylation is 1. The predicted octanol–water partition coefficient (Wildman–Crippen LogP) is 6.81. The molecule has 0 radical (unpaired) electrons. The molecule has 3 aromatic rings. The maximum atomic E-state index is 5.44. The van der Waals surface area contributed by atoms with Gasteiger partial charge in [-0.2, -0.15) is 0 Å². The van der Waals surface area contributed by atoms with Crippen molar-refractivity contribution >= 4 is 10.9 Å². The molecule has 0 aliphatic heterocycles.